The molecule has 1 aliphatic heterocycles. The van der Waals surface area contributed by atoms with Crippen molar-refractivity contribution in [3.63, 3.8) is 0 Å². The maximum atomic E-state index is 3.42. The third-order valence-corrected chi connectivity index (χ3v) is 3.93. The molecule has 0 saturated carbocycles. The molecule has 0 bridgehead atoms. The molecule has 19 heavy (non-hydrogen) atoms. The lowest BCUT2D eigenvalue weighted by atomic mass is 9.93. The van der Waals surface area contributed by atoms with E-state index in [1.54, 1.807) is 5.70 Å². The van der Waals surface area contributed by atoms with Gasteiger partial charge >= 0.3 is 0 Å². The number of hydrogen-bond acceptors (Lipinski definition) is 1. The fourth-order valence-corrected chi connectivity index (χ4v) is 2.89. The Kier molecular flexibility index (Phi) is 3.78. The van der Waals surface area contributed by atoms with Crippen molar-refractivity contribution in [2.45, 2.75) is 25.7 Å². The first-order valence-electron chi connectivity index (χ1n) is 7.22. The minimum atomic E-state index is 0.916. The van der Waals surface area contributed by atoms with Crippen LogP contribution in [0.1, 0.15) is 25.7 Å². The van der Waals surface area contributed by atoms with Crippen LogP contribution in [0, 0.1) is 5.92 Å². The quantitative estimate of drug-likeness (QED) is 0.714. The normalized spacial score (nSPS) is 20.8. The van der Waals surface area contributed by atoms with Gasteiger partial charge in [-0.1, -0.05) is 6.08 Å². The third kappa shape index (κ3) is 2.95. The Bertz CT molecular complexity index is 509. The molecule has 0 radical (unpaired) electrons. The molecule has 0 aromatic carbocycles. The summed E-state index contributed by atoms with van der Waals surface area (Å²) in [6.07, 6.45) is 12.0. The van der Waals surface area contributed by atoms with Crippen LogP contribution < -0.4 is 9.72 Å². The van der Waals surface area contributed by atoms with Crippen molar-refractivity contribution in [2.24, 2.45) is 5.92 Å². The highest BCUT2D eigenvalue weighted by molar-refractivity contribution is 5.36. The van der Waals surface area contributed by atoms with E-state index in [4.69, 9.17) is 0 Å². The summed E-state index contributed by atoms with van der Waals surface area (Å²) in [5.41, 5.74) is 2.77. The molecule has 4 rings (SSSR count). The van der Waals surface area contributed by atoms with Crippen molar-refractivity contribution in [1.82, 2.24) is 5.32 Å². The lowest BCUT2D eigenvalue weighted by molar-refractivity contribution is -0.511. The number of pyridine rings is 2. The number of nitrogens with one attached hydrogen (secondary N) is 1. The summed E-state index contributed by atoms with van der Waals surface area (Å²) in [6.45, 7) is 1.22. The molecule has 1 saturated heterocycles. The molecule has 0 amide bonds. The Morgan fingerprint density at radius 2 is 1.79 bits per heavy atom. The molecule has 1 fully saturated rings. The summed E-state index contributed by atoms with van der Waals surface area (Å²) >= 11 is 0. The smallest absolute Gasteiger partial charge is 0.210 e. The second-order valence-corrected chi connectivity index (χ2v) is 5.24. The molecule has 1 aliphatic carbocycles. The summed E-state index contributed by atoms with van der Waals surface area (Å²) < 4.78 is 2.08. The molecule has 1 unspecified atom stereocenters. The largest absolute Gasteiger partial charge is 0.388 e. The Morgan fingerprint density at radius 3 is 2.47 bits per heavy atom. The fraction of sp³-hybridized carbons (Fsp3) is 0.353. The second kappa shape index (κ2) is 5.87. The molecule has 2 aromatic rings. The van der Waals surface area contributed by atoms with E-state index in [-0.39, 0.29) is 0 Å². The van der Waals surface area contributed by atoms with E-state index in [9.17, 15) is 0 Å². The SMILES string of the molecule is C1=C2NCCC2CCC1.c1cc[n+]2ccccc2c1. The Labute approximate surface area is 114 Å². The summed E-state index contributed by atoms with van der Waals surface area (Å²) in [4.78, 5) is 0. The minimum absolute atomic E-state index is 0.916. The lowest BCUT2D eigenvalue weighted by Crippen LogP contribution is -2.18. The van der Waals surface area contributed by atoms with E-state index in [1.807, 2.05) is 36.7 Å². The molecule has 98 valence electrons. The average molecular weight is 253 g/mol. The van der Waals surface area contributed by atoms with E-state index in [2.05, 4.69) is 27.9 Å². The Balaban J connectivity index is 0.000000117. The van der Waals surface area contributed by atoms with Gasteiger partial charge in [-0.25, -0.2) is 0 Å². The molecule has 3 heterocycles. The van der Waals surface area contributed by atoms with Crippen molar-refractivity contribution in [3.05, 3.63) is 60.6 Å². The van der Waals surface area contributed by atoms with Crippen LogP contribution >= 0.6 is 0 Å². The van der Waals surface area contributed by atoms with Gasteiger partial charge in [0.25, 0.3) is 0 Å². The van der Waals surface area contributed by atoms with E-state index < -0.39 is 0 Å². The van der Waals surface area contributed by atoms with Crippen molar-refractivity contribution < 1.29 is 4.40 Å². The maximum Gasteiger partial charge on any atom is 0.210 e. The van der Waals surface area contributed by atoms with Gasteiger partial charge in [-0.15, -0.1) is 0 Å². The Morgan fingerprint density at radius 1 is 1.00 bits per heavy atom. The summed E-state index contributed by atoms with van der Waals surface area (Å²) in [7, 11) is 0. The highest BCUT2D eigenvalue weighted by atomic mass is 14.9. The standard InChI is InChI=1S/C9H8N.C8H13N/c1-3-7-10-8-4-2-6-9(10)5-1;1-2-4-8-7(3-1)5-6-9-8/h1-8H;4,7,9H,1-3,5-6H2/q+1;. The predicted octanol–water partition coefficient (Wildman–Crippen LogP) is 3.09. The maximum absolute atomic E-state index is 3.42. The van der Waals surface area contributed by atoms with Crippen LogP contribution in [0.2, 0.25) is 0 Å². The second-order valence-electron chi connectivity index (χ2n) is 5.24. The van der Waals surface area contributed by atoms with Crippen LogP contribution in [0.4, 0.5) is 0 Å². The third-order valence-electron chi connectivity index (χ3n) is 3.93. The molecule has 2 aromatic heterocycles. The van der Waals surface area contributed by atoms with Crippen molar-refractivity contribution in [2.75, 3.05) is 6.54 Å². The van der Waals surface area contributed by atoms with Gasteiger partial charge in [0.05, 0.1) is 0 Å². The first-order valence-corrected chi connectivity index (χ1v) is 7.22. The molecular weight excluding hydrogens is 232 g/mol. The van der Waals surface area contributed by atoms with Gasteiger partial charge in [-0.05, 0) is 43.7 Å². The van der Waals surface area contributed by atoms with E-state index in [0.29, 0.717) is 0 Å². The van der Waals surface area contributed by atoms with Gasteiger partial charge < -0.3 is 5.32 Å². The van der Waals surface area contributed by atoms with Crippen molar-refractivity contribution >= 4 is 5.52 Å². The van der Waals surface area contributed by atoms with Crippen LogP contribution in [0.5, 0.6) is 0 Å². The first-order chi connectivity index (χ1) is 9.43. The fourth-order valence-electron chi connectivity index (χ4n) is 2.89. The average Bonchev–Trinajstić information content (AvgIpc) is 2.96. The van der Waals surface area contributed by atoms with Gasteiger partial charge in [-0.3, -0.25) is 0 Å². The summed E-state index contributed by atoms with van der Waals surface area (Å²) in [5.74, 6) is 0.916. The van der Waals surface area contributed by atoms with Crippen LogP contribution in [-0.4, -0.2) is 6.54 Å². The molecule has 1 atom stereocenters. The van der Waals surface area contributed by atoms with Crippen LogP contribution in [0.25, 0.3) is 5.52 Å². The van der Waals surface area contributed by atoms with Crippen molar-refractivity contribution in [1.29, 1.82) is 0 Å². The number of aromatic nitrogens is 1. The Hall–Kier alpha value is -1.83. The van der Waals surface area contributed by atoms with Gasteiger partial charge in [0.15, 0.2) is 12.4 Å². The predicted molar refractivity (Wildman–Crippen MR) is 77.6 cm³/mol. The number of rotatable bonds is 0. The van der Waals surface area contributed by atoms with E-state index in [1.165, 1.54) is 37.7 Å². The minimum Gasteiger partial charge on any atom is -0.388 e. The van der Waals surface area contributed by atoms with Crippen LogP contribution in [0.3, 0.4) is 0 Å². The molecule has 0 spiro atoms. The monoisotopic (exact) mass is 253 g/mol. The van der Waals surface area contributed by atoms with Gasteiger partial charge in [-0.2, -0.15) is 4.40 Å². The van der Waals surface area contributed by atoms with E-state index >= 15 is 0 Å². The zero-order valence-electron chi connectivity index (χ0n) is 11.3. The van der Waals surface area contributed by atoms with Crippen LogP contribution in [0.15, 0.2) is 60.6 Å². The molecule has 2 nitrogen and oxygen atoms in total. The highest BCUT2D eigenvalue weighted by Crippen LogP contribution is 2.29. The van der Waals surface area contributed by atoms with Gasteiger partial charge in [0, 0.05) is 36.5 Å². The number of allylic oxidation sites excluding steroid dienone is 2. The van der Waals surface area contributed by atoms with Crippen LogP contribution in [-0.2, 0) is 0 Å². The van der Waals surface area contributed by atoms with E-state index in [0.717, 1.165) is 5.92 Å². The van der Waals surface area contributed by atoms with Crippen molar-refractivity contribution in [3.8, 4) is 0 Å². The summed E-state index contributed by atoms with van der Waals surface area (Å²) in [5, 5.41) is 3.42. The number of fused-ring (bicyclic) bond motifs is 2. The van der Waals surface area contributed by atoms with Gasteiger partial charge in [0.2, 0.25) is 5.52 Å². The zero-order chi connectivity index (χ0) is 12.9. The lowest BCUT2D eigenvalue weighted by Gasteiger charge is -2.15. The topological polar surface area (TPSA) is 16.1 Å². The number of hydrogen-bond donors (Lipinski definition) is 1. The molecule has 2 aliphatic rings. The molecule has 2 heteroatoms. The molecular formula is C17H21N2+. The first kappa shape index (κ1) is 12.2. The van der Waals surface area contributed by atoms with Gasteiger partial charge in [0.1, 0.15) is 0 Å². The zero-order valence-corrected chi connectivity index (χ0v) is 11.3. The number of nitrogens with zero attached hydrogens (tertiary/aromatic N) is 1. The molecule has 1 N–H and O–H groups in total. The highest BCUT2D eigenvalue weighted by Gasteiger charge is 2.21. The summed E-state index contributed by atoms with van der Waals surface area (Å²) in [6, 6.07) is 12.3.